The van der Waals surface area contributed by atoms with Gasteiger partial charge in [0.25, 0.3) is 0 Å². The number of rotatable bonds is 6. The molecule has 32 heavy (non-hydrogen) atoms. The summed E-state index contributed by atoms with van der Waals surface area (Å²) in [7, 11) is -1.28. The van der Waals surface area contributed by atoms with Crippen LogP contribution >= 0.6 is 0 Å². The lowest BCUT2D eigenvalue weighted by Gasteiger charge is -2.31. The number of hydrogen-bond donors (Lipinski definition) is 3. The van der Waals surface area contributed by atoms with Crippen LogP contribution in [0.25, 0.3) is 27.6 Å². The Morgan fingerprint density at radius 2 is 1.88 bits per heavy atom. The Balaban J connectivity index is 1.69. The Kier molecular flexibility index (Phi) is 6.08. The molecule has 4 rings (SSSR count). The second-order valence-corrected chi connectivity index (χ2v) is 10.2. The second-order valence-electron chi connectivity index (χ2n) is 8.24. The number of aromatic nitrogens is 1. The van der Waals surface area contributed by atoms with Crippen molar-refractivity contribution < 1.29 is 8.42 Å². The van der Waals surface area contributed by atoms with Crippen molar-refractivity contribution in [3.8, 4) is 11.1 Å². The lowest BCUT2D eigenvalue weighted by molar-refractivity contribution is 0.332. The number of pyridine rings is 1. The summed E-state index contributed by atoms with van der Waals surface area (Å²) in [4.78, 5) is 4.31. The molecule has 0 saturated carbocycles. The normalized spacial score (nSPS) is 15.6. The summed E-state index contributed by atoms with van der Waals surface area (Å²) in [5.41, 5.74) is 11.4. The quantitative estimate of drug-likeness (QED) is 0.528. The SMILES string of the molecule is C=C(N)c1cc(-c2cc(NC3CCN(S(C)(=O)=O)CC3)c3cnccc3c2)ccc1NC. The molecule has 3 aromatic rings. The van der Waals surface area contributed by atoms with Crippen molar-refractivity contribution in [3.63, 3.8) is 0 Å². The van der Waals surface area contributed by atoms with Crippen LogP contribution in [0, 0.1) is 0 Å². The first-order valence-corrected chi connectivity index (χ1v) is 12.5. The van der Waals surface area contributed by atoms with Crippen molar-refractivity contribution in [2.45, 2.75) is 18.9 Å². The lowest BCUT2D eigenvalue weighted by Crippen LogP contribution is -2.41. The summed E-state index contributed by atoms with van der Waals surface area (Å²) in [6.45, 7) is 4.96. The van der Waals surface area contributed by atoms with Crippen LogP contribution in [0.5, 0.6) is 0 Å². The highest BCUT2D eigenvalue weighted by Gasteiger charge is 2.25. The standard InChI is InChI=1S/C24H29N5O2S/c1-16(25)21-13-17(4-5-23(21)26-2)19-12-18-6-9-27-15-22(18)24(14-19)28-20-7-10-29(11-8-20)32(3,30)31/h4-6,9,12-15,20,26,28H,1,7-8,10-11,25H2,2-3H3. The highest BCUT2D eigenvalue weighted by Crippen LogP contribution is 2.34. The maximum Gasteiger partial charge on any atom is 0.211 e. The van der Waals surface area contributed by atoms with Crippen LogP contribution in [0.2, 0.25) is 0 Å². The Bertz CT molecular complexity index is 1260. The number of nitrogens with zero attached hydrogens (tertiary/aromatic N) is 2. The largest absolute Gasteiger partial charge is 0.399 e. The van der Waals surface area contributed by atoms with Gasteiger partial charge in [-0.15, -0.1) is 0 Å². The molecule has 1 saturated heterocycles. The lowest BCUT2D eigenvalue weighted by atomic mass is 9.97. The Morgan fingerprint density at radius 3 is 2.53 bits per heavy atom. The van der Waals surface area contributed by atoms with Crippen LogP contribution < -0.4 is 16.4 Å². The Hall–Kier alpha value is -3.10. The van der Waals surface area contributed by atoms with Gasteiger partial charge < -0.3 is 16.4 Å². The molecule has 2 heterocycles. The van der Waals surface area contributed by atoms with Gasteiger partial charge in [0.1, 0.15) is 0 Å². The predicted molar refractivity (Wildman–Crippen MR) is 133 cm³/mol. The maximum atomic E-state index is 11.8. The van der Waals surface area contributed by atoms with E-state index in [2.05, 4.69) is 40.4 Å². The van der Waals surface area contributed by atoms with Crippen LogP contribution in [0.3, 0.4) is 0 Å². The first-order chi connectivity index (χ1) is 15.3. The maximum absolute atomic E-state index is 11.8. The number of hydrogen-bond acceptors (Lipinski definition) is 6. The summed E-state index contributed by atoms with van der Waals surface area (Å²) >= 11 is 0. The molecule has 1 aliphatic rings. The fraction of sp³-hybridized carbons (Fsp3) is 0.292. The number of fused-ring (bicyclic) bond motifs is 1. The topological polar surface area (TPSA) is 100 Å². The van der Waals surface area contributed by atoms with Gasteiger partial charge in [0.2, 0.25) is 10.0 Å². The van der Waals surface area contributed by atoms with Gasteiger partial charge in [-0.2, -0.15) is 0 Å². The second kappa shape index (κ2) is 8.80. The number of sulfonamides is 1. The third kappa shape index (κ3) is 4.56. The molecule has 1 aromatic heterocycles. The molecule has 0 atom stereocenters. The van der Waals surface area contributed by atoms with Crippen LogP contribution in [-0.4, -0.2) is 50.1 Å². The number of nitrogens with two attached hydrogens (primary N) is 1. The molecular weight excluding hydrogens is 422 g/mol. The van der Waals surface area contributed by atoms with E-state index in [1.807, 2.05) is 31.4 Å². The Labute approximate surface area is 189 Å². The minimum absolute atomic E-state index is 0.192. The summed E-state index contributed by atoms with van der Waals surface area (Å²) in [5.74, 6) is 0. The van der Waals surface area contributed by atoms with Gasteiger partial charge in [-0.05, 0) is 59.7 Å². The zero-order valence-corrected chi connectivity index (χ0v) is 19.2. The number of anilines is 2. The molecule has 0 bridgehead atoms. The van der Waals surface area contributed by atoms with E-state index < -0.39 is 10.0 Å². The summed E-state index contributed by atoms with van der Waals surface area (Å²) in [6.07, 6.45) is 6.44. The number of benzene rings is 2. The highest BCUT2D eigenvalue weighted by molar-refractivity contribution is 7.88. The van der Waals surface area contributed by atoms with Crippen LogP contribution in [0.4, 0.5) is 11.4 Å². The average Bonchev–Trinajstić information content (AvgIpc) is 2.78. The molecule has 1 aliphatic heterocycles. The van der Waals surface area contributed by atoms with Gasteiger partial charge in [0, 0.05) is 66.6 Å². The van der Waals surface area contributed by atoms with E-state index in [0.717, 1.165) is 51.7 Å². The van der Waals surface area contributed by atoms with Gasteiger partial charge in [0.05, 0.1) is 6.26 Å². The van der Waals surface area contributed by atoms with Crippen molar-refractivity contribution in [2.24, 2.45) is 5.73 Å². The van der Waals surface area contributed by atoms with Crippen LogP contribution in [0.1, 0.15) is 18.4 Å². The van der Waals surface area contributed by atoms with Crippen molar-refractivity contribution in [1.29, 1.82) is 0 Å². The molecule has 1 fully saturated rings. The smallest absolute Gasteiger partial charge is 0.211 e. The van der Waals surface area contributed by atoms with E-state index in [0.29, 0.717) is 18.8 Å². The molecule has 2 aromatic carbocycles. The van der Waals surface area contributed by atoms with Gasteiger partial charge in [0.15, 0.2) is 0 Å². The molecule has 0 amide bonds. The van der Waals surface area contributed by atoms with E-state index in [-0.39, 0.29) is 6.04 Å². The average molecular weight is 452 g/mol. The van der Waals surface area contributed by atoms with Gasteiger partial charge in [-0.25, -0.2) is 12.7 Å². The van der Waals surface area contributed by atoms with Crippen LogP contribution in [-0.2, 0) is 10.0 Å². The first kappa shape index (κ1) is 22.1. The third-order valence-electron chi connectivity index (χ3n) is 6.01. The predicted octanol–water partition coefficient (Wildman–Crippen LogP) is 3.71. The highest BCUT2D eigenvalue weighted by atomic mass is 32.2. The van der Waals surface area contributed by atoms with E-state index in [1.165, 1.54) is 6.26 Å². The molecule has 0 unspecified atom stereocenters. The minimum atomic E-state index is -3.14. The molecule has 4 N–H and O–H groups in total. The van der Waals surface area contributed by atoms with Crippen molar-refractivity contribution in [2.75, 3.05) is 37.0 Å². The molecular formula is C24H29N5O2S. The number of nitrogens with one attached hydrogen (secondary N) is 2. The van der Waals surface area contributed by atoms with E-state index in [1.54, 1.807) is 10.5 Å². The van der Waals surface area contributed by atoms with Gasteiger partial charge >= 0.3 is 0 Å². The minimum Gasteiger partial charge on any atom is -0.399 e. The van der Waals surface area contributed by atoms with Crippen LogP contribution in [0.15, 0.2) is 55.4 Å². The molecule has 0 aliphatic carbocycles. The Morgan fingerprint density at radius 1 is 1.12 bits per heavy atom. The zero-order valence-electron chi connectivity index (χ0n) is 18.4. The fourth-order valence-corrected chi connectivity index (χ4v) is 5.12. The van der Waals surface area contributed by atoms with Crippen molar-refractivity contribution in [1.82, 2.24) is 9.29 Å². The molecule has 8 heteroatoms. The first-order valence-electron chi connectivity index (χ1n) is 10.6. The van der Waals surface area contributed by atoms with Crippen molar-refractivity contribution in [3.05, 3.63) is 60.9 Å². The van der Waals surface area contributed by atoms with E-state index in [9.17, 15) is 8.42 Å². The molecule has 7 nitrogen and oxygen atoms in total. The van der Waals surface area contributed by atoms with Crippen molar-refractivity contribution >= 4 is 37.9 Å². The monoisotopic (exact) mass is 451 g/mol. The summed E-state index contributed by atoms with van der Waals surface area (Å²) in [5, 5.41) is 8.93. The summed E-state index contributed by atoms with van der Waals surface area (Å²) in [6, 6.07) is 12.6. The molecule has 0 radical (unpaired) electrons. The fourth-order valence-electron chi connectivity index (χ4n) is 4.24. The van der Waals surface area contributed by atoms with Gasteiger partial charge in [-0.1, -0.05) is 12.6 Å². The summed E-state index contributed by atoms with van der Waals surface area (Å²) < 4.78 is 25.2. The third-order valence-corrected chi connectivity index (χ3v) is 7.31. The zero-order chi connectivity index (χ0) is 22.9. The van der Waals surface area contributed by atoms with Gasteiger partial charge in [-0.3, -0.25) is 4.98 Å². The molecule has 0 spiro atoms. The van der Waals surface area contributed by atoms with E-state index in [4.69, 9.17) is 5.73 Å². The molecule has 168 valence electrons. The number of piperidine rings is 1. The van der Waals surface area contributed by atoms with E-state index >= 15 is 0 Å².